The van der Waals surface area contributed by atoms with Crippen LogP contribution in [0.1, 0.15) is 25.3 Å². The van der Waals surface area contributed by atoms with E-state index in [1.165, 1.54) is 0 Å². The van der Waals surface area contributed by atoms with Gasteiger partial charge in [-0.3, -0.25) is 9.59 Å². The first-order valence-corrected chi connectivity index (χ1v) is 8.52. The van der Waals surface area contributed by atoms with E-state index in [0.29, 0.717) is 26.1 Å². The fourth-order valence-corrected chi connectivity index (χ4v) is 3.29. The molecule has 1 aromatic rings. The number of quaternary nitrogens is 1. The average molecular weight is 316 g/mol. The molecule has 124 valence electrons. The molecule has 0 unspecified atom stereocenters. The van der Waals surface area contributed by atoms with Crippen LogP contribution in [0.15, 0.2) is 30.3 Å². The van der Waals surface area contributed by atoms with Crippen LogP contribution in [-0.2, 0) is 16.0 Å². The highest BCUT2D eigenvalue weighted by atomic mass is 16.2. The quantitative estimate of drug-likeness (QED) is 0.868. The standard InChI is InChI=1S/C18H25N3O2/c1-13-12-20(9-10-21(13)17(22)15-7-8-15)18(23)16(19)11-14-5-3-2-4-6-14/h2-6,13,15-16H,7-12,19H2,1H3/p+1/t13-,16-/m1/s1. The van der Waals surface area contributed by atoms with Crippen molar-refractivity contribution in [1.82, 2.24) is 9.80 Å². The molecular formula is C18H26N3O2+. The highest BCUT2D eigenvalue weighted by Crippen LogP contribution is 2.32. The van der Waals surface area contributed by atoms with Gasteiger partial charge in [-0.05, 0) is 25.3 Å². The minimum absolute atomic E-state index is 0.0965. The van der Waals surface area contributed by atoms with Gasteiger partial charge in [-0.15, -0.1) is 0 Å². The first kappa shape index (κ1) is 16.0. The maximum absolute atomic E-state index is 12.6. The van der Waals surface area contributed by atoms with E-state index in [9.17, 15) is 9.59 Å². The second-order valence-electron chi connectivity index (χ2n) is 6.83. The Morgan fingerprint density at radius 3 is 2.52 bits per heavy atom. The number of carbonyl (C=O) groups excluding carboxylic acids is 2. The molecule has 5 heteroatoms. The van der Waals surface area contributed by atoms with Crippen molar-refractivity contribution in [2.45, 2.75) is 38.3 Å². The summed E-state index contributed by atoms with van der Waals surface area (Å²) < 4.78 is 0. The van der Waals surface area contributed by atoms with Crippen molar-refractivity contribution >= 4 is 11.8 Å². The van der Waals surface area contributed by atoms with Gasteiger partial charge in [0.25, 0.3) is 5.91 Å². The summed E-state index contributed by atoms with van der Waals surface area (Å²) in [6.45, 7) is 3.94. The van der Waals surface area contributed by atoms with Crippen LogP contribution in [0.2, 0.25) is 0 Å². The van der Waals surface area contributed by atoms with Gasteiger partial charge >= 0.3 is 0 Å². The predicted molar refractivity (Wildman–Crippen MR) is 87.3 cm³/mol. The first-order valence-electron chi connectivity index (χ1n) is 8.52. The third kappa shape index (κ3) is 3.72. The van der Waals surface area contributed by atoms with Crippen LogP contribution in [0.3, 0.4) is 0 Å². The summed E-state index contributed by atoms with van der Waals surface area (Å²) in [5, 5.41) is 0. The van der Waals surface area contributed by atoms with Gasteiger partial charge < -0.3 is 15.5 Å². The molecule has 3 N–H and O–H groups in total. The zero-order valence-electron chi connectivity index (χ0n) is 13.8. The molecule has 2 atom stereocenters. The van der Waals surface area contributed by atoms with Crippen LogP contribution in [0.5, 0.6) is 0 Å². The topological polar surface area (TPSA) is 68.3 Å². The second kappa shape index (κ2) is 6.71. The molecule has 0 aromatic heterocycles. The second-order valence-corrected chi connectivity index (χ2v) is 6.83. The zero-order valence-corrected chi connectivity index (χ0v) is 13.8. The van der Waals surface area contributed by atoms with Crippen LogP contribution in [0.25, 0.3) is 0 Å². The maximum atomic E-state index is 12.6. The number of nitrogens with zero attached hydrogens (tertiary/aromatic N) is 2. The Bertz CT molecular complexity index is 571. The van der Waals surface area contributed by atoms with Crippen molar-refractivity contribution in [2.24, 2.45) is 5.92 Å². The van der Waals surface area contributed by atoms with E-state index in [-0.39, 0.29) is 29.8 Å². The van der Waals surface area contributed by atoms with E-state index < -0.39 is 0 Å². The van der Waals surface area contributed by atoms with Crippen LogP contribution >= 0.6 is 0 Å². The Kier molecular flexibility index (Phi) is 4.66. The Morgan fingerprint density at radius 2 is 1.91 bits per heavy atom. The Labute approximate surface area is 137 Å². The predicted octanol–water partition coefficient (Wildman–Crippen LogP) is 0.309. The van der Waals surface area contributed by atoms with Crippen LogP contribution in [0, 0.1) is 5.92 Å². The van der Waals surface area contributed by atoms with Crippen molar-refractivity contribution in [3.05, 3.63) is 35.9 Å². The fourth-order valence-electron chi connectivity index (χ4n) is 3.29. The van der Waals surface area contributed by atoms with E-state index in [1.807, 2.05) is 47.1 Å². The van der Waals surface area contributed by atoms with E-state index >= 15 is 0 Å². The molecule has 1 aromatic carbocycles. The highest BCUT2D eigenvalue weighted by Gasteiger charge is 2.38. The monoisotopic (exact) mass is 316 g/mol. The lowest BCUT2D eigenvalue weighted by molar-refractivity contribution is -0.405. The Balaban J connectivity index is 1.55. The van der Waals surface area contributed by atoms with E-state index in [0.717, 1.165) is 18.4 Å². The van der Waals surface area contributed by atoms with Crippen molar-refractivity contribution in [3.63, 3.8) is 0 Å². The van der Waals surface area contributed by atoms with Gasteiger partial charge in [0.05, 0.1) is 0 Å². The molecule has 23 heavy (non-hydrogen) atoms. The molecule has 3 rings (SSSR count). The van der Waals surface area contributed by atoms with Crippen LogP contribution < -0.4 is 5.73 Å². The van der Waals surface area contributed by atoms with Gasteiger partial charge in [0, 0.05) is 38.0 Å². The lowest BCUT2D eigenvalue weighted by Gasteiger charge is -2.40. The summed E-state index contributed by atoms with van der Waals surface area (Å²) >= 11 is 0. The summed E-state index contributed by atoms with van der Waals surface area (Å²) in [7, 11) is 0. The summed E-state index contributed by atoms with van der Waals surface area (Å²) in [4.78, 5) is 28.7. The van der Waals surface area contributed by atoms with Gasteiger partial charge in [0.1, 0.15) is 0 Å². The smallest absolute Gasteiger partial charge is 0.281 e. The van der Waals surface area contributed by atoms with E-state index in [1.54, 1.807) is 0 Å². The number of carbonyl (C=O) groups is 2. The minimum atomic E-state index is -0.268. The van der Waals surface area contributed by atoms with Crippen molar-refractivity contribution in [3.8, 4) is 0 Å². The van der Waals surface area contributed by atoms with Gasteiger partial charge in [-0.25, -0.2) is 0 Å². The molecule has 0 spiro atoms. The first-order chi connectivity index (χ1) is 11.1. The van der Waals surface area contributed by atoms with E-state index in [2.05, 4.69) is 5.73 Å². The molecule has 1 aliphatic heterocycles. The van der Waals surface area contributed by atoms with Crippen LogP contribution in [-0.4, -0.2) is 53.3 Å². The Hall–Kier alpha value is -1.88. The number of benzene rings is 1. The van der Waals surface area contributed by atoms with Gasteiger partial charge in [-0.2, -0.15) is 0 Å². The van der Waals surface area contributed by atoms with Gasteiger partial charge in [0.15, 0.2) is 6.04 Å². The third-order valence-electron chi connectivity index (χ3n) is 4.82. The molecule has 1 saturated carbocycles. The summed E-state index contributed by atoms with van der Waals surface area (Å²) in [6, 6.07) is 9.83. The molecule has 1 heterocycles. The number of amides is 2. The summed E-state index contributed by atoms with van der Waals surface area (Å²) in [5.74, 6) is 0.623. The number of piperazine rings is 1. The van der Waals surface area contributed by atoms with Crippen molar-refractivity contribution in [1.29, 1.82) is 0 Å². The lowest BCUT2D eigenvalue weighted by atomic mass is 10.0. The van der Waals surface area contributed by atoms with Gasteiger partial charge in [-0.1, -0.05) is 30.3 Å². The largest absolute Gasteiger partial charge is 0.347 e. The van der Waals surface area contributed by atoms with E-state index in [4.69, 9.17) is 0 Å². The molecule has 1 saturated heterocycles. The number of rotatable bonds is 4. The molecule has 0 radical (unpaired) electrons. The third-order valence-corrected chi connectivity index (χ3v) is 4.82. The molecular weight excluding hydrogens is 290 g/mol. The molecule has 2 aliphatic rings. The average Bonchev–Trinajstić information content (AvgIpc) is 3.39. The maximum Gasteiger partial charge on any atom is 0.281 e. The van der Waals surface area contributed by atoms with Crippen LogP contribution in [0.4, 0.5) is 0 Å². The molecule has 2 fully saturated rings. The lowest BCUT2D eigenvalue weighted by Crippen LogP contribution is -2.70. The summed E-state index contributed by atoms with van der Waals surface area (Å²) in [5.41, 5.74) is 5.19. The molecule has 5 nitrogen and oxygen atoms in total. The SMILES string of the molecule is C[C@@H]1CN(C(=O)[C@H]([NH3+])Cc2ccccc2)CCN1C(=O)C1CC1. The number of hydrogen-bond acceptors (Lipinski definition) is 2. The Morgan fingerprint density at radius 1 is 1.22 bits per heavy atom. The molecule has 2 amide bonds. The molecule has 1 aliphatic carbocycles. The minimum Gasteiger partial charge on any atom is -0.347 e. The van der Waals surface area contributed by atoms with Crippen molar-refractivity contribution in [2.75, 3.05) is 19.6 Å². The highest BCUT2D eigenvalue weighted by molar-refractivity contribution is 5.83. The number of hydrogen-bond donors (Lipinski definition) is 1. The van der Waals surface area contributed by atoms with Gasteiger partial charge in [0.2, 0.25) is 5.91 Å². The normalized spacial score (nSPS) is 22.8. The van der Waals surface area contributed by atoms with Crippen molar-refractivity contribution < 1.29 is 15.3 Å². The fraction of sp³-hybridized carbons (Fsp3) is 0.556. The zero-order chi connectivity index (χ0) is 16.4. The molecule has 0 bridgehead atoms. The summed E-state index contributed by atoms with van der Waals surface area (Å²) in [6.07, 6.45) is 2.72.